The normalized spacial score (nSPS) is 14.9. The Bertz CT molecular complexity index is 656. The number of aryl methyl sites for hydroxylation is 1. The molecular formula is C18H17BrO. The molecule has 1 aliphatic carbocycles. The van der Waals surface area contributed by atoms with Gasteiger partial charge in [0.2, 0.25) is 0 Å². The van der Waals surface area contributed by atoms with E-state index >= 15 is 0 Å². The molecule has 2 aromatic carbocycles. The van der Waals surface area contributed by atoms with Crippen LogP contribution >= 0.6 is 15.9 Å². The number of halogens is 1. The van der Waals surface area contributed by atoms with Crippen LogP contribution in [0.4, 0.5) is 0 Å². The van der Waals surface area contributed by atoms with Gasteiger partial charge in [0.1, 0.15) is 0 Å². The minimum Gasteiger partial charge on any atom is -0.289 e. The highest BCUT2D eigenvalue weighted by molar-refractivity contribution is 9.10. The summed E-state index contributed by atoms with van der Waals surface area (Å²) in [7, 11) is 0. The Labute approximate surface area is 128 Å². The monoisotopic (exact) mass is 328 g/mol. The highest BCUT2D eigenvalue weighted by Gasteiger charge is 2.20. The Morgan fingerprint density at radius 3 is 2.60 bits per heavy atom. The van der Waals surface area contributed by atoms with Crippen molar-refractivity contribution in [2.24, 2.45) is 0 Å². The fourth-order valence-corrected chi connectivity index (χ4v) is 3.19. The van der Waals surface area contributed by atoms with Crippen LogP contribution in [0.15, 0.2) is 46.9 Å². The molecule has 2 aromatic rings. The van der Waals surface area contributed by atoms with Gasteiger partial charge >= 0.3 is 0 Å². The summed E-state index contributed by atoms with van der Waals surface area (Å²) in [5, 5.41) is 0. The lowest BCUT2D eigenvalue weighted by atomic mass is 9.79. The maximum Gasteiger partial charge on any atom is 0.193 e. The molecule has 0 radical (unpaired) electrons. The highest BCUT2D eigenvalue weighted by Crippen LogP contribution is 2.36. The standard InChI is InChI=1S/C18H17BrO/c1-12-10-16(19)8-9-17(12)18(20)15-7-3-6-14(11-15)13-4-2-5-13/h3,6-11,13H,2,4-5H2,1H3. The van der Waals surface area contributed by atoms with Gasteiger partial charge < -0.3 is 0 Å². The molecule has 20 heavy (non-hydrogen) atoms. The molecule has 0 unspecified atom stereocenters. The molecule has 0 spiro atoms. The molecule has 0 saturated heterocycles. The van der Waals surface area contributed by atoms with Crippen molar-refractivity contribution in [1.29, 1.82) is 0 Å². The number of hydrogen-bond acceptors (Lipinski definition) is 1. The molecule has 3 rings (SSSR count). The van der Waals surface area contributed by atoms with E-state index in [9.17, 15) is 4.79 Å². The molecule has 2 heteroatoms. The summed E-state index contributed by atoms with van der Waals surface area (Å²) in [4.78, 5) is 12.6. The molecule has 0 heterocycles. The third-order valence-corrected chi connectivity index (χ3v) is 4.65. The summed E-state index contributed by atoms with van der Waals surface area (Å²) in [5.74, 6) is 0.782. The van der Waals surface area contributed by atoms with E-state index in [-0.39, 0.29) is 5.78 Å². The van der Waals surface area contributed by atoms with E-state index in [1.165, 1.54) is 24.8 Å². The van der Waals surface area contributed by atoms with Crippen LogP contribution in [0.5, 0.6) is 0 Å². The fourth-order valence-electron chi connectivity index (χ4n) is 2.71. The zero-order valence-electron chi connectivity index (χ0n) is 11.5. The maximum absolute atomic E-state index is 12.6. The summed E-state index contributed by atoms with van der Waals surface area (Å²) in [5.41, 5.74) is 3.93. The average molecular weight is 329 g/mol. The Morgan fingerprint density at radius 1 is 1.15 bits per heavy atom. The van der Waals surface area contributed by atoms with E-state index in [0.717, 1.165) is 21.2 Å². The summed E-state index contributed by atoms with van der Waals surface area (Å²) in [6.07, 6.45) is 3.83. The van der Waals surface area contributed by atoms with Gasteiger partial charge in [0.15, 0.2) is 5.78 Å². The number of ketones is 1. The third kappa shape index (κ3) is 2.57. The third-order valence-electron chi connectivity index (χ3n) is 4.16. The van der Waals surface area contributed by atoms with Crippen LogP contribution in [0.3, 0.4) is 0 Å². The molecule has 1 fully saturated rings. The van der Waals surface area contributed by atoms with Crippen molar-refractivity contribution in [1.82, 2.24) is 0 Å². The van der Waals surface area contributed by atoms with Crippen LogP contribution < -0.4 is 0 Å². The zero-order valence-corrected chi connectivity index (χ0v) is 13.1. The van der Waals surface area contributed by atoms with Gasteiger partial charge in [0, 0.05) is 15.6 Å². The molecule has 0 aliphatic heterocycles. The maximum atomic E-state index is 12.6. The SMILES string of the molecule is Cc1cc(Br)ccc1C(=O)c1cccc(C2CCC2)c1. The molecular weight excluding hydrogens is 312 g/mol. The van der Waals surface area contributed by atoms with Crippen LogP contribution in [0, 0.1) is 6.92 Å². The van der Waals surface area contributed by atoms with Gasteiger partial charge in [-0.15, -0.1) is 0 Å². The Hall–Kier alpha value is -1.41. The second kappa shape index (κ2) is 5.53. The number of carbonyl (C=O) groups excluding carboxylic acids is 1. The van der Waals surface area contributed by atoms with Crippen molar-refractivity contribution in [2.45, 2.75) is 32.1 Å². The van der Waals surface area contributed by atoms with Crippen LogP contribution in [0.1, 0.15) is 52.2 Å². The molecule has 1 nitrogen and oxygen atoms in total. The van der Waals surface area contributed by atoms with Crippen LogP contribution in [-0.2, 0) is 0 Å². The largest absolute Gasteiger partial charge is 0.289 e. The van der Waals surface area contributed by atoms with Gasteiger partial charge in [0.25, 0.3) is 0 Å². The van der Waals surface area contributed by atoms with Gasteiger partial charge in [-0.3, -0.25) is 4.79 Å². The van der Waals surface area contributed by atoms with Crippen LogP contribution in [0.2, 0.25) is 0 Å². The predicted molar refractivity (Wildman–Crippen MR) is 85.3 cm³/mol. The molecule has 0 N–H and O–H groups in total. The predicted octanol–water partition coefficient (Wildman–Crippen LogP) is 5.26. The van der Waals surface area contributed by atoms with Crippen LogP contribution in [-0.4, -0.2) is 5.78 Å². The Morgan fingerprint density at radius 2 is 1.95 bits per heavy atom. The van der Waals surface area contributed by atoms with Crippen molar-refractivity contribution in [3.05, 3.63) is 69.2 Å². The van der Waals surface area contributed by atoms with Crippen molar-refractivity contribution in [2.75, 3.05) is 0 Å². The topological polar surface area (TPSA) is 17.1 Å². The van der Waals surface area contributed by atoms with E-state index in [2.05, 4.69) is 28.1 Å². The van der Waals surface area contributed by atoms with Gasteiger partial charge in [-0.2, -0.15) is 0 Å². The quantitative estimate of drug-likeness (QED) is 0.702. The lowest BCUT2D eigenvalue weighted by Crippen LogP contribution is -2.10. The fraction of sp³-hybridized carbons (Fsp3) is 0.278. The van der Waals surface area contributed by atoms with Gasteiger partial charge in [0.05, 0.1) is 0 Å². The molecule has 1 saturated carbocycles. The molecule has 0 atom stereocenters. The van der Waals surface area contributed by atoms with Gasteiger partial charge in [-0.05, 0) is 61.1 Å². The van der Waals surface area contributed by atoms with E-state index in [1.807, 2.05) is 37.3 Å². The first-order valence-electron chi connectivity index (χ1n) is 7.06. The number of hydrogen-bond donors (Lipinski definition) is 0. The smallest absolute Gasteiger partial charge is 0.193 e. The Kier molecular flexibility index (Phi) is 3.75. The molecule has 0 amide bonds. The summed E-state index contributed by atoms with van der Waals surface area (Å²) in [6, 6.07) is 14.0. The van der Waals surface area contributed by atoms with Crippen molar-refractivity contribution >= 4 is 21.7 Å². The lowest BCUT2D eigenvalue weighted by Gasteiger charge is -2.26. The van der Waals surface area contributed by atoms with E-state index in [0.29, 0.717) is 5.92 Å². The molecule has 1 aliphatic rings. The number of rotatable bonds is 3. The van der Waals surface area contributed by atoms with Gasteiger partial charge in [-0.1, -0.05) is 40.5 Å². The highest BCUT2D eigenvalue weighted by atomic mass is 79.9. The summed E-state index contributed by atoms with van der Waals surface area (Å²) < 4.78 is 1.01. The first-order chi connectivity index (χ1) is 9.65. The second-order valence-corrected chi connectivity index (χ2v) is 6.46. The van der Waals surface area contributed by atoms with E-state index in [4.69, 9.17) is 0 Å². The van der Waals surface area contributed by atoms with Crippen molar-refractivity contribution in [3.8, 4) is 0 Å². The average Bonchev–Trinajstić information content (AvgIpc) is 2.36. The van der Waals surface area contributed by atoms with E-state index in [1.54, 1.807) is 0 Å². The van der Waals surface area contributed by atoms with Crippen molar-refractivity contribution in [3.63, 3.8) is 0 Å². The second-order valence-electron chi connectivity index (χ2n) is 5.54. The number of carbonyl (C=O) groups is 1. The lowest BCUT2D eigenvalue weighted by molar-refractivity contribution is 0.103. The number of benzene rings is 2. The van der Waals surface area contributed by atoms with E-state index < -0.39 is 0 Å². The molecule has 0 bridgehead atoms. The first kappa shape index (κ1) is 13.6. The van der Waals surface area contributed by atoms with Crippen molar-refractivity contribution < 1.29 is 4.79 Å². The minimum atomic E-state index is 0.121. The summed E-state index contributed by atoms with van der Waals surface area (Å²) >= 11 is 3.44. The molecule has 102 valence electrons. The Balaban J connectivity index is 1.93. The van der Waals surface area contributed by atoms with Gasteiger partial charge in [-0.25, -0.2) is 0 Å². The molecule has 0 aromatic heterocycles. The zero-order chi connectivity index (χ0) is 14.1. The van der Waals surface area contributed by atoms with Crippen LogP contribution in [0.25, 0.3) is 0 Å². The summed E-state index contributed by atoms with van der Waals surface area (Å²) in [6.45, 7) is 1.98. The minimum absolute atomic E-state index is 0.121. The first-order valence-corrected chi connectivity index (χ1v) is 7.85.